The Balaban J connectivity index is 1.62. The molecule has 0 saturated heterocycles. The minimum Gasteiger partial charge on any atom is -0.426 e. The number of rotatable bonds is 4. The van der Waals surface area contributed by atoms with Crippen molar-refractivity contribution in [3.8, 4) is 28.0 Å². The molecule has 2 heteroatoms. The number of fused-ring (bicyclic) bond motifs is 1. The number of ether oxygens (including phenoxy) is 1. The maximum atomic E-state index is 12.9. The molecule has 0 heterocycles. The second-order valence-corrected chi connectivity index (χ2v) is 8.33. The van der Waals surface area contributed by atoms with Crippen LogP contribution in [0.1, 0.15) is 32.1 Å². The summed E-state index contributed by atoms with van der Waals surface area (Å²) in [5.41, 5.74) is 4.57. The van der Waals surface area contributed by atoms with Gasteiger partial charge in [-0.2, -0.15) is 0 Å². The van der Waals surface area contributed by atoms with Crippen LogP contribution in [0.3, 0.4) is 0 Å². The zero-order valence-corrected chi connectivity index (χ0v) is 17.6. The fraction of sp³-hybridized carbons (Fsp3) is 0.207. The molecule has 0 bridgehead atoms. The number of hydrogen-bond donors (Lipinski definition) is 0. The lowest BCUT2D eigenvalue weighted by Crippen LogP contribution is -2.22. The van der Waals surface area contributed by atoms with Crippen molar-refractivity contribution in [3.05, 3.63) is 91.0 Å². The van der Waals surface area contributed by atoms with Crippen molar-refractivity contribution in [2.75, 3.05) is 0 Å². The third-order valence-corrected chi connectivity index (χ3v) is 6.32. The lowest BCUT2D eigenvalue weighted by molar-refractivity contribution is -0.139. The summed E-state index contributed by atoms with van der Waals surface area (Å²) in [5, 5.41) is 2.08. The molecule has 0 aliphatic heterocycles. The molecule has 0 atom stereocenters. The third kappa shape index (κ3) is 3.98. The molecule has 2 nitrogen and oxygen atoms in total. The molecule has 0 spiro atoms. The number of carbonyl (C=O) groups excluding carboxylic acids is 1. The first-order chi connectivity index (χ1) is 15.3. The number of esters is 1. The van der Waals surface area contributed by atoms with E-state index in [2.05, 4.69) is 72.8 Å². The fourth-order valence-corrected chi connectivity index (χ4v) is 4.73. The van der Waals surface area contributed by atoms with Gasteiger partial charge in [-0.05, 0) is 46.5 Å². The van der Waals surface area contributed by atoms with Crippen molar-refractivity contribution in [1.82, 2.24) is 0 Å². The second kappa shape index (κ2) is 8.77. The van der Waals surface area contributed by atoms with E-state index in [4.69, 9.17) is 4.74 Å². The predicted octanol–water partition coefficient (Wildman–Crippen LogP) is 7.66. The normalized spacial score (nSPS) is 14.5. The summed E-state index contributed by atoms with van der Waals surface area (Å²) in [5.74, 6) is 0.595. The Morgan fingerprint density at radius 2 is 1.29 bits per heavy atom. The Morgan fingerprint density at radius 3 is 2.06 bits per heavy atom. The van der Waals surface area contributed by atoms with Gasteiger partial charge in [-0.25, -0.2) is 0 Å². The molecule has 1 aliphatic rings. The summed E-state index contributed by atoms with van der Waals surface area (Å²) in [6.07, 6.45) is 5.33. The summed E-state index contributed by atoms with van der Waals surface area (Å²) in [6.45, 7) is 0. The molecular weight excluding hydrogens is 380 g/mol. The number of hydrogen-bond acceptors (Lipinski definition) is 2. The monoisotopic (exact) mass is 406 g/mol. The van der Waals surface area contributed by atoms with Crippen molar-refractivity contribution in [3.63, 3.8) is 0 Å². The Kier molecular flexibility index (Phi) is 5.54. The van der Waals surface area contributed by atoms with Crippen molar-refractivity contribution in [1.29, 1.82) is 0 Å². The van der Waals surface area contributed by atoms with E-state index in [0.717, 1.165) is 47.6 Å². The zero-order chi connectivity index (χ0) is 21.0. The first kappa shape index (κ1) is 19.6. The lowest BCUT2D eigenvalue weighted by atomic mass is 9.89. The van der Waals surface area contributed by atoms with E-state index >= 15 is 0 Å². The second-order valence-electron chi connectivity index (χ2n) is 8.33. The van der Waals surface area contributed by atoms with E-state index in [-0.39, 0.29) is 11.9 Å². The van der Waals surface area contributed by atoms with Crippen LogP contribution in [0.25, 0.3) is 33.0 Å². The van der Waals surface area contributed by atoms with E-state index in [1.807, 2.05) is 18.2 Å². The smallest absolute Gasteiger partial charge is 0.314 e. The molecule has 0 radical (unpaired) electrons. The highest BCUT2D eigenvalue weighted by Gasteiger charge is 2.24. The van der Waals surface area contributed by atoms with Crippen LogP contribution in [-0.2, 0) is 4.79 Å². The Hall–Kier alpha value is -3.39. The van der Waals surface area contributed by atoms with Gasteiger partial charge in [0.1, 0.15) is 5.75 Å². The average Bonchev–Trinajstić information content (AvgIpc) is 2.85. The standard InChI is InChI=1S/C29H26O2/c30-29(23-13-5-2-6-14-23)31-27-20-10-16-22-15-9-19-26(28(22)27)25-18-8-7-17-24(25)21-11-3-1-4-12-21/h1,3-4,7-12,15-20,23H,2,5-6,13-14H2. The van der Waals surface area contributed by atoms with Crippen LogP contribution in [0.15, 0.2) is 91.0 Å². The van der Waals surface area contributed by atoms with Gasteiger partial charge in [0.25, 0.3) is 0 Å². The zero-order valence-electron chi connectivity index (χ0n) is 17.6. The highest BCUT2D eigenvalue weighted by atomic mass is 16.5. The Labute approximate surface area is 183 Å². The fourth-order valence-electron chi connectivity index (χ4n) is 4.73. The van der Waals surface area contributed by atoms with E-state index in [0.29, 0.717) is 5.75 Å². The molecule has 154 valence electrons. The third-order valence-electron chi connectivity index (χ3n) is 6.32. The van der Waals surface area contributed by atoms with Crippen molar-refractivity contribution >= 4 is 16.7 Å². The SMILES string of the molecule is O=C(Oc1cccc2cccc(-c3ccccc3-c3ccccc3)c12)C1CCCCC1. The summed E-state index contributed by atoms with van der Waals surface area (Å²) in [4.78, 5) is 12.9. The van der Waals surface area contributed by atoms with Gasteiger partial charge in [-0.15, -0.1) is 0 Å². The van der Waals surface area contributed by atoms with Crippen molar-refractivity contribution in [2.24, 2.45) is 5.92 Å². The van der Waals surface area contributed by atoms with E-state index in [1.165, 1.54) is 17.5 Å². The first-order valence-electron chi connectivity index (χ1n) is 11.2. The van der Waals surface area contributed by atoms with Crippen LogP contribution in [0.5, 0.6) is 5.75 Å². The van der Waals surface area contributed by atoms with Gasteiger partial charge in [0.2, 0.25) is 0 Å². The molecule has 4 aromatic carbocycles. The van der Waals surface area contributed by atoms with Gasteiger partial charge >= 0.3 is 5.97 Å². The molecule has 1 saturated carbocycles. The van der Waals surface area contributed by atoms with E-state index < -0.39 is 0 Å². The molecule has 0 aromatic heterocycles. The van der Waals surface area contributed by atoms with Crippen molar-refractivity contribution < 1.29 is 9.53 Å². The molecule has 4 aromatic rings. The van der Waals surface area contributed by atoms with Gasteiger partial charge in [0.15, 0.2) is 0 Å². The van der Waals surface area contributed by atoms with Gasteiger partial charge in [0, 0.05) is 5.39 Å². The van der Waals surface area contributed by atoms with Gasteiger partial charge in [-0.1, -0.05) is 104 Å². The highest BCUT2D eigenvalue weighted by molar-refractivity contribution is 6.04. The van der Waals surface area contributed by atoms with E-state index in [9.17, 15) is 4.79 Å². The lowest BCUT2D eigenvalue weighted by Gasteiger charge is -2.21. The average molecular weight is 407 g/mol. The summed E-state index contributed by atoms with van der Waals surface area (Å²) in [7, 11) is 0. The van der Waals surface area contributed by atoms with Crippen LogP contribution in [0.2, 0.25) is 0 Å². The molecule has 0 unspecified atom stereocenters. The topological polar surface area (TPSA) is 26.3 Å². The maximum Gasteiger partial charge on any atom is 0.314 e. The van der Waals surface area contributed by atoms with Gasteiger partial charge < -0.3 is 4.74 Å². The van der Waals surface area contributed by atoms with Gasteiger partial charge in [0.05, 0.1) is 5.92 Å². The highest BCUT2D eigenvalue weighted by Crippen LogP contribution is 2.40. The van der Waals surface area contributed by atoms with E-state index in [1.54, 1.807) is 0 Å². The molecular formula is C29H26O2. The Bertz CT molecular complexity index is 1200. The Morgan fingerprint density at radius 1 is 0.645 bits per heavy atom. The van der Waals surface area contributed by atoms with Crippen LogP contribution in [0, 0.1) is 5.92 Å². The summed E-state index contributed by atoms with van der Waals surface area (Å²) >= 11 is 0. The van der Waals surface area contributed by atoms with Crippen LogP contribution >= 0.6 is 0 Å². The maximum absolute atomic E-state index is 12.9. The largest absolute Gasteiger partial charge is 0.426 e. The summed E-state index contributed by atoms with van der Waals surface area (Å²) < 4.78 is 6.04. The quantitative estimate of drug-likeness (QED) is 0.257. The number of carbonyl (C=O) groups is 1. The molecule has 5 rings (SSSR count). The van der Waals surface area contributed by atoms with Gasteiger partial charge in [-0.3, -0.25) is 4.79 Å². The van der Waals surface area contributed by atoms with Crippen LogP contribution in [-0.4, -0.2) is 5.97 Å². The molecule has 1 aliphatic carbocycles. The molecule has 0 N–H and O–H groups in total. The predicted molar refractivity (Wildman–Crippen MR) is 127 cm³/mol. The molecule has 1 fully saturated rings. The first-order valence-corrected chi connectivity index (χ1v) is 11.2. The molecule has 0 amide bonds. The number of benzene rings is 4. The minimum atomic E-state index is -0.0849. The van der Waals surface area contributed by atoms with Crippen LogP contribution in [0.4, 0.5) is 0 Å². The van der Waals surface area contributed by atoms with Crippen molar-refractivity contribution in [2.45, 2.75) is 32.1 Å². The summed E-state index contributed by atoms with van der Waals surface area (Å²) in [6, 6.07) is 31.1. The molecule has 31 heavy (non-hydrogen) atoms. The van der Waals surface area contributed by atoms with Crippen LogP contribution < -0.4 is 4.74 Å². The minimum absolute atomic E-state index is 0.0211.